The van der Waals surface area contributed by atoms with E-state index in [9.17, 15) is 24.9 Å². The van der Waals surface area contributed by atoms with Crippen molar-refractivity contribution >= 4 is 11.9 Å². The van der Waals surface area contributed by atoms with Crippen LogP contribution in [0.4, 0.5) is 0 Å². The minimum atomic E-state index is -1.02. The molecule has 108 valence electrons. The van der Waals surface area contributed by atoms with Crippen LogP contribution in [0.15, 0.2) is 18.2 Å². The number of likely N-dealkylation sites (tertiary alicyclic amines) is 1. The van der Waals surface area contributed by atoms with E-state index < -0.39 is 17.9 Å². The van der Waals surface area contributed by atoms with Crippen molar-refractivity contribution in [2.45, 2.75) is 31.7 Å². The van der Waals surface area contributed by atoms with Crippen molar-refractivity contribution in [3.63, 3.8) is 0 Å². The second-order valence-electron chi connectivity index (χ2n) is 4.94. The van der Waals surface area contributed by atoms with Gasteiger partial charge in [-0.25, -0.2) is 4.79 Å². The molecule has 0 bridgehead atoms. The summed E-state index contributed by atoms with van der Waals surface area (Å²) >= 11 is 0. The maximum absolute atomic E-state index is 12.4. The monoisotopic (exact) mass is 279 g/mol. The molecule has 1 aliphatic rings. The highest BCUT2D eigenvalue weighted by atomic mass is 16.4. The molecule has 1 aromatic carbocycles. The molecule has 1 saturated heterocycles. The molecule has 1 fully saturated rings. The lowest BCUT2D eigenvalue weighted by Crippen LogP contribution is -2.44. The van der Waals surface area contributed by atoms with Crippen LogP contribution in [-0.4, -0.2) is 44.7 Å². The van der Waals surface area contributed by atoms with Gasteiger partial charge < -0.3 is 20.2 Å². The molecule has 1 heterocycles. The van der Waals surface area contributed by atoms with Crippen LogP contribution < -0.4 is 0 Å². The Kier molecular flexibility index (Phi) is 4.12. The van der Waals surface area contributed by atoms with Crippen LogP contribution in [0.1, 0.15) is 36.0 Å². The highest BCUT2D eigenvalue weighted by Gasteiger charge is 2.31. The van der Waals surface area contributed by atoms with Gasteiger partial charge >= 0.3 is 5.97 Å². The van der Waals surface area contributed by atoms with E-state index in [1.54, 1.807) is 0 Å². The number of carboxylic acids is 1. The average molecular weight is 279 g/mol. The summed E-state index contributed by atoms with van der Waals surface area (Å²) in [4.78, 5) is 25.0. The van der Waals surface area contributed by atoms with Gasteiger partial charge in [0.25, 0.3) is 5.91 Å². The number of carbonyl (C=O) groups excluding carboxylic acids is 1. The van der Waals surface area contributed by atoms with Gasteiger partial charge in [-0.2, -0.15) is 0 Å². The normalized spacial score (nSPS) is 19.4. The number of rotatable bonds is 2. The highest BCUT2D eigenvalue weighted by molar-refractivity contribution is 5.97. The SMILES string of the molecule is O=C(O)C1CCCCCN1C(=O)c1cc(O)cc(O)c1. The number of carbonyl (C=O) groups is 2. The van der Waals surface area contributed by atoms with Gasteiger partial charge in [0.2, 0.25) is 0 Å². The van der Waals surface area contributed by atoms with Gasteiger partial charge in [-0.15, -0.1) is 0 Å². The first kappa shape index (κ1) is 14.2. The van der Waals surface area contributed by atoms with Crippen LogP contribution in [0.3, 0.4) is 0 Å². The number of phenolic OH excluding ortho intramolecular Hbond substituents is 2. The minimum absolute atomic E-state index is 0.0932. The third-order valence-corrected chi connectivity index (χ3v) is 3.45. The third kappa shape index (κ3) is 3.01. The van der Waals surface area contributed by atoms with Crippen LogP contribution >= 0.6 is 0 Å². The number of carboxylic acid groups (broad SMARTS) is 1. The Hall–Kier alpha value is -2.24. The molecule has 0 spiro atoms. The molecule has 0 radical (unpaired) electrons. The topological polar surface area (TPSA) is 98.1 Å². The molecule has 0 saturated carbocycles. The maximum atomic E-state index is 12.4. The molecule has 6 heteroatoms. The second-order valence-corrected chi connectivity index (χ2v) is 4.94. The van der Waals surface area contributed by atoms with E-state index in [2.05, 4.69) is 0 Å². The van der Waals surface area contributed by atoms with Gasteiger partial charge in [0, 0.05) is 18.2 Å². The van der Waals surface area contributed by atoms with Crippen molar-refractivity contribution in [3.8, 4) is 11.5 Å². The van der Waals surface area contributed by atoms with E-state index in [0.29, 0.717) is 13.0 Å². The molecule has 1 atom stereocenters. The number of benzene rings is 1. The highest BCUT2D eigenvalue weighted by Crippen LogP contribution is 2.24. The first-order valence-electron chi connectivity index (χ1n) is 6.56. The molecule has 0 aliphatic carbocycles. The van der Waals surface area contributed by atoms with Crippen molar-refractivity contribution in [2.75, 3.05) is 6.54 Å². The fourth-order valence-electron chi connectivity index (χ4n) is 2.49. The fourth-order valence-corrected chi connectivity index (χ4v) is 2.49. The lowest BCUT2D eigenvalue weighted by Gasteiger charge is -2.27. The van der Waals surface area contributed by atoms with Crippen LogP contribution in [-0.2, 0) is 4.79 Å². The standard InChI is InChI=1S/C14H17NO5/c16-10-6-9(7-11(17)8-10)13(18)15-5-3-1-2-4-12(15)14(19)20/h6-8,12,16-17H,1-5H2,(H,19,20). The quantitative estimate of drug-likeness (QED) is 0.763. The molecule has 1 unspecified atom stereocenters. The Labute approximate surface area is 116 Å². The summed E-state index contributed by atoms with van der Waals surface area (Å²) in [6, 6.07) is 2.72. The number of amides is 1. The summed E-state index contributed by atoms with van der Waals surface area (Å²) in [7, 11) is 0. The molecule has 1 aliphatic heterocycles. The summed E-state index contributed by atoms with van der Waals surface area (Å²) in [5.74, 6) is -1.96. The summed E-state index contributed by atoms with van der Waals surface area (Å²) in [6.07, 6.45) is 2.83. The van der Waals surface area contributed by atoms with Crippen molar-refractivity contribution in [3.05, 3.63) is 23.8 Å². The molecule has 6 nitrogen and oxygen atoms in total. The first-order valence-corrected chi connectivity index (χ1v) is 6.56. The zero-order chi connectivity index (χ0) is 14.7. The zero-order valence-electron chi connectivity index (χ0n) is 11.0. The van der Waals surface area contributed by atoms with Gasteiger partial charge in [0.05, 0.1) is 0 Å². The molecule has 3 N–H and O–H groups in total. The molecular formula is C14H17NO5. The molecule has 20 heavy (non-hydrogen) atoms. The first-order chi connectivity index (χ1) is 9.49. The van der Waals surface area contributed by atoms with Crippen molar-refractivity contribution in [1.29, 1.82) is 0 Å². The Morgan fingerprint density at radius 3 is 2.30 bits per heavy atom. The molecule has 1 aromatic rings. The number of aliphatic carboxylic acids is 1. The molecule has 2 rings (SSSR count). The average Bonchev–Trinajstić information content (AvgIpc) is 2.62. The summed E-state index contributed by atoms with van der Waals surface area (Å²) in [6.45, 7) is 0.367. The summed E-state index contributed by atoms with van der Waals surface area (Å²) in [5.41, 5.74) is 0.0932. The maximum Gasteiger partial charge on any atom is 0.326 e. The molecule has 0 aromatic heterocycles. The van der Waals surface area contributed by atoms with E-state index >= 15 is 0 Å². The van der Waals surface area contributed by atoms with Gasteiger partial charge in [-0.3, -0.25) is 4.79 Å². The Morgan fingerprint density at radius 1 is 1.05 bits per heavy atom. The van der Waals surface area contributed by atoms with Crippen molar-refractivity contribution in [1.82, 2.24) is 4.90 Å². The molecule has 1 amide bonds. The van der Waals surface area contributed by atoms with E-state index in [1.165, 1.54) is 17.0 Å². The lowest BCUT2D eigenvalue weighted by molar-refractivity contribution is -0.142. The Bertz CT molecular complexity index is 508. The van der Waals surface area contributed by atoms with E-state index in [1.807, 2.05) is 0 Å². The predicted octanol–water partition coefficient (Wildman–Crippen LogP) is 1.57. The zero-order valence-corrected chi connectivity index (χ0v) is 11.0. The Balaban J connectivity index is 2.30. The number of aromatic hydroxyl groups is 2. The van der Waals surface area contributed by atoms with E-state index in [-0.39, 0.29) is 17.1 Å². The predicted molar refractivity (Wildman–Crippen MR) is 70.7 cm³/mol. The number of nitrogens with zero attached hydrogens (tertiary/aromatic N) is 1. The van der Waals surface area contributed by atoms with E-state index in [4.69, 9.17) is 0 Å². The number of hydrogen-bond donors (Lipinski definition) is 3. The van der Waals surface area contributed by atoms with Crippen LogP contribution in [0.25, 0.3) is 0 Å². The fraction of sp³-hybridized carbons (Fsp3) is 0.429. The van der Waals surface area contributed by atoms with Crippen LogP contribution in [0.5, 0.6) is 11.5 Å². The van der Waals surface area contributed by atoms with Crippen molar-refractivity contribution < 1.29 is 24.9 Å². The van der Waals surface area contributed by atoms with Gasteiger partial charge in [0.15, 0.2) is 0 Å². The van der Waals surface area contributed by atoms with E-state index in [0.717, 1.165) is 25.3 Å². The van der Waals surface area contributed by atoms with Crippen LogP contribution in [0.2, 0.25) is 0 Å². The smallest absolute Gasteiger partial charge is 0.326 e. The minimum Gasteiger partial charge on any atom is -0.508 e. The van der Waals surface area contributed by atoms with Crippen molar-refractivity contribution in [2.24, 2.45) is 0 Å². The lowest BCUT2D eigenvalue weighted by atomic mass is 10.1. The summed E-state index contributed by atoms with van der Waals surface area (Å²) < 4.78 is 0. The number of hydrogen-bond acceptors (Lipinski definition) is 4. The third-order valence-electron chi connectivity index (χ3n) is 3.45. The summed E-state index contributed by atoms with van der Waals surface area (Å²) in [5, 5.41) is 28.1. The Morgan fingerprint density at radius 2 is 1.70 bits per heavy atom. The van der Waals surface area contributed by atoms with Gasteiger partial charge in [-0.05, 0) is 25.0 Å². The van der Waals surface area contributed by atoms with Crippen LogP contribution in [0, 0.1) is 0 Å². The second kappa shape index (κ2) is 5.81. The van der Waals surface area contributed by atoms with Gasteiger partial charge in [-0.1, -0.05) is 12.8 Å². The number of phenols is 2. The largest absolute Gasteiger partial charge is 0.508 e. The molecular weight excluding hydrogens is 262 g/mol. The van der Waals surface area contributed by atoms with Gasteiger partial charge in [0.1, 0.15) is 17.5 Å².